The lowest BCUT2D eigenvalue weighted by molar-refractivity contribution is 0.855. The van der Waals surface area contributed by atoms with E-state index in [1.165, 1.54) is 0 Å². The molecule has 4 nitrogen and oxygen atoms in total. The predicted molar refractivity (Wildman–Crippen MR) is 56.9 cm³/mol. The second-order valence-corrected chi connectivity index (χ2v) is 3.58. The van der Waals surface area contributed by atoms with Gasteiger partial charge in [0.05, 0.1) is 5.39 Å². The second-order valence-electron chi connectivity index (χ2n) is 3.21. The van der Waals surface area contributed by atoms with Crippen LogP contribution in [-0.4, -0.2) is 14.5 Å². The van der Waals surface area contributed by atoms with E-state index >= 15 is 0 Å². The predicted octanol–water partition coefficient (Wildman–Crippen LogP) is 1.30. The van der Waals surface area contributed by atoms with Crippen LogP contribution in [0.4, 0.5) is 0 Å². The van der Waals surface area contributed by atoms with Gasteiger partial charge in [0.15, 0.2) is 5.43 Å². The average Bonchev–Trinajstić information content (AvgIpc) is 2.08. The van der Waals surface area contributed by atoms with Crippen LogP contribution in [0.15, 0.2) is 17.1 Å². The quantitative estimate of drug-likeness (QED) is 0.662. The van der Waals surface area contributed by atoms with Gasteiger partial charge in [-0.05, 0) is 19.1 Å². The second kappa shape index (κ2) is 3.02. The van der Waals surface area contributed by atoms with E-state index in [-0.39, 0.29) is 5.43 Å². The van der Waals surface area contributed by atoms with Crippen molar-refractivity contribution in [2.24, 2.45) is 7.05 Å². The molecule has 2 aromatic rings. The van der Waals surface area contributed by atoms with E-state index in [9.17, 15) is 4.79 Å². The number of nitrogens with zero attached hydrogens (tertiary/aromatic N) is 2. The fourth-order valence-electron chi connectivity index (χ4n) is 1.32. The fraction of sp³-hybridized carbons (Fsp3) is 0.222. The number of hydrogen-bond donors (Lipinski definition) is 1. The Morgan fingerprint density at radius 1 is 1.57 bits per heavy atom. The van der Waals surface area contributed by atoms with Crippen molar-refractivity contribution >= 4 is 23.3 Å². The van der Waals surface area contributed by atoms with Gasteiger partial charge in [-0.3, -0.25) is 4.79 Å². The Morgan fingerprint density at radius 3 is 3.00 bits per heavy atom. The molecule has 0 amide bonds. The first kappa shape index (κ1) is 9.08. The summed E-state index contributed by atoms with van der Waals surface area (Å²) in [6.45, 7) is 1.82. The summed E-state index contributed by atoms with van der Waals surface area (Å²) in [6, 6.07) is 1.55. The monoisotopic (exact) mass is 207 g/mol. The molecule has 0 bridgehead atoms. The third kappa shape index (κ3) is 1.35. The third-order valence-corrected chi connectivity index (χ3v) is 2.39. The van der Waals surface area contributed by atoms with Crippen molar-refractivity contribution in [3.8, 4) is 0 Å². The summed E-state index contributed by atoms with van der Waals surface area (Å²) in [5, 5.41) is 0.562. The molecule has 5 heteroatoms. The van der Waals surface area contributed by atoms with E-state index in [1.54, 1.807) is 23.9 Å². The highest BCUT2D eigenvalue weighted by Crippen LogP contribution is 2.03. The lowest BCUT2D eigenvalue weighted by Gasteiger charge is -2.01. The van der Waals surface area contributed by atoms with Gasteiger partial charge in [-0.15, -0.1) is 0 Å². The highest BCUT2D eigenvalue weighted by Gasteiger charge is 2.01. The van der Waals surface area contributed by atoms with Gasteiger partial charge < -0.3 is 9.55 Å². The molecular weight excluding hydrogens is 198 g/mol. The van der Waals surface area contributed by atoms with Crippen LogP contribution in [-0.2, 0) is 7.05 Å². The van der Waals surface area contributed by atoms with Crippen molar-refractivity contribution in [2.75, 3.05) is 0 Å². The molecule has 2 heterocycles. The van der Waals surface area contributed by atoms with Crippen LogP contribution in [0.3, 0.4) is 0 Å². The zero-order valence-electron chi connectivity index (χ0n) is 7.87. The van der Waals surface area contributed by atoms with Crippen molar-refractivity contribution in [3.05, 3.63) is 33.0 Å². The maximum absolute atomic E-state index is 11.6. The smallest absolute Gasteiger partial charge is 0.201 e. The number of H-pyrrole nitrogens is 1. The summed E-state index contributed by atoms with van der Waals surface area (Å²) >= 11 is 5.00. The van der Waals surface area contributed by atoms with Gasteiger partial charge in [-0.25, -0.2) is 4.98 Å². The maximum Gasteiger partial charge on any atom is 0.201 e. The average molecular weight is 207 g/mol. The first-order valence-corrected chi connectivity index (χ1v) is 4.56. The fourth-order valence-corrected chi connectivity index (χ4v) is 1.46. The number of nitrogens with one attached hydrogen (secondary N) is 1. The molecule has 0 aliphatic rings. The Hall–Kier alpha value is -1.49. The molecule has 1 N–H and O–H groups in total. The van der Waals surface area contributed by atoms with Crippen LogP contribution in [0.1, 0.15) is 5.69 Å². The van der Waals surface area contributed by atoms with Gasteiger partial charge in [-0.2, -0.15) is 0 Å². The number of aryl methyl sites for hydroxylation is 2. The standard InChI is InChI=1S/C9H9N3OS/c1-5-3-7(13)6-4-12(2)9(14)11-8(6)10-5/h3-4H,1-2H3,(H,10,11,14). The molecule has 0 radical (unpaired) electrons. The molecule has 0 spiro atoms. The summed E-state index contributed by atoms with van der Waals surface area (Å²) in [6.07, 6.45) is 1.70. The molecule has 0 aliphatic carbocycles. The van der Waals surface area contributed by atoms with Gasteiger partial charge in [0, 0.05) is 25.0 Å². The van der Waals surface area contributed by atoms with Crippen molar-refractivity contribution in [1.29, 1.82) is 0 Å². The normalized spacial score (nSPS) is 10.7. The summed E-state index contributed by atoms with van der Waals surface area (Å²) in [5.41, 5.74) is 1.31. The Balaban J connectivity index is 3.04. The zero-order chi connectivity index (χ0) is 10.3. The highest BCUT2D eigenvalue weighted by molar-refractivity contribution is 7.71. The molecule has 0 fully saturated rings. The van der Waals surface area contributed by atoms with Crippen LogP contribution < -0.4 is 5.43 Å². The number of pyridine rings is 1. The Morgan fingerprint density at radius 2 is 2.29 bits per heavy atom. The molecule has 0 saturated heterocycles. The molecule has 0 unspecified atom stereocenters. The number of aromatic amines is 1. The van der Waals surface area contributed by atoms with Crippen molar-refractivity contribution < 1.29 is 0 Å². The largest absolute Gasteiger partial charge is 0.343 e. The van der Waals surface area contributed by atoms with E-state index in [0.717, 1.165) is 5.69 Å². The van der Waals surface area contributed by atoms with Crippen molar-refractivity contribution in [3.63, 3.8) is 0 Å². The first-order valence-electron chi connectivity index (χ1n) is 4.15. The topological polar surface area (TPSA) is 50.7 Å². The number of fused-ring (bicyclic) bond motifs is 1. The minimum atomic E-state index is -0.0330. The molecule has 14 heavy (non-hydrogen) atoms. The summed E-state index contributed by atoms with van der Waals surface area (Å²) in [5.74, 6) is 0. The summed E-state index contributed by atoms with van der Waals surface area (Å²) < 4.78 is 2.11. The third-order valence-electron chi connectivity index (χ3n) is 2.02. The van der Waals surface area contributed by atoms with Gasteiger partial charge in [0.2, 0.25) is 4.77 Å². The van der Waals surface area contributed by atoms with Gasteiger partial charge in [0.1, 0.15) is 5.65 Å². The Labute approximate surface area is 85.2 Å². The first-order chi connectivity index (χ1) is 6.58. The van der Waals surface area contributed by atoms with Crippen LogP contribution in [0.25, 0.3) is 11.0 Å². The molecule has 0 aromatic carbocycles. The maximum atomic E-state index is 11.6. The van der Waals surface area contributed by atoms with E-state index < -0.39 is 0 Å². The van der Waals surface area contributed by atoms with E-state index in [0.29, 0.717) is 15.8 Å². The number of rotatable bonds is 0. The lowest BCUT2D eigenvalue weighted by atomic mass is 10.3. The minimum Gasteiger partial charge on any atom is -0.343 e. The van der Waals surface area contributed by atoms with Crippen LogP contribution in [0.2, 0.25) is 0 Å². The van der Waals surface area contributed by atoms with E-state index in [1.807, 2.05) is 6.92 Å². The van der Waals surface area contributed by atoms with Gasteiger partial charge >= 0.3 is 0 Å². The van der Waals surface area contributed by atoms with E-state index in [4.69, 9.17) is 12.2 Å². The summed E-state index contributed by atoms with van der Waals surface area (Å²) in [7, 11) is 1.77. The van der Waals surface area contributed by atoms with E-state index in [2.05, 4.69) is 9.97 Å². The van der Waals surface area contributed by atoms with Crippen LogP contribution in [0, 0.1) is 11.7 Å². The lowest BCUT2D eigenvalue weighted by Crippen LogP contribution is -2.07. The van der Waals surface area contributed by atoms with Gasteiger partial charge in [-0.1, -0.05) is 0 Å². The zero-order valence-corrected chi connectivity index (χ0v) is 8.68. The Bertz CT molecular complexity index is 611. The van der Waals surface area contributed by atoms with Crippen LogP contribution in [0.5, 0.6) is 0 Å². The highest BCUT2D eigenvalue weighted by atomic mass is 32.1. The molecule has 2 aromatic heterocycles. The Kier molecular flexibility index (Phi) is 1.96. The number of hydrogen-bond acceptors (Lipinski definition) is 3. The molecule has 72 valence electrons. The molecule has 0 atom stereocenters. The molecular formula is C9H9N3OS. The van der Waals surface area contributed by atoms with Crippen molar-refractivity contribution in [1.82, 2.24) is 14.5 Å². The molecule has 0 aliphatic heterocycles. The van der Waals surface area contributed by atoms with Crippen LogP contribution >= 0.6 is 12.2 Å². The minimum absolute atomic E-state index is 0.0330. The SMILES string of the molecule is Cc1cc(=O)c2cn(C)c(=S)nc2[nH]1. The molecule has 0 saturated carbocycles. The van der Waals surface area contributed by atoms with Crippen molar-refractivity contribution in [2.45, 2.75) is 6.92 Å². The summed E-state index contributed by atoms with van der Waals surface area (Å²) in [4.78, 5) is 18.7. The molecule has 2 rings (SSSR count). The van der Waals surface area contributed by atoms with Gasteiger partial charge in [0.25, 0.3) is 0 Å². The number of aromatic nitrogens is 3.